The van der Waals surface area contributed by atoms with E-state index in [1.165, 1.54) is 6.07 Å². The van der Waals surface area contributed by atoms with Gasteiger partial charge in [0.2, 0.25) is 0 Å². The Balaban J connectivity index is 1.46. The molecule has 5 nitrogen and oxygen atoms in total. The Bertz CT molecular complexity index is 940. The van der Waals surface area contributed by atoms with E-state index in [1.807, 2.05) is 0 Å². The van der Waals surface area contributed by atoms with Gasteiger partial charge >= 0.3 is 0 Å². The molecule has 0 spiro atoms. The highest BCUT2D eigenvalue weighted by Gasteiger charge is 2.28. The van der Waals surface area contributed by atoms with Crippen molar-refractivity contribution in [3.05, 3.63) is 65.7 Å². The molecule has 0 aliphatic carbocycles. The molecule has 0 N–H and O–H groups in total. The number of carbonyl (C=O) groups is 1. The molecule has 3 heterocycles. The van der Waals surface area contributed by atoms with Crippen molar-refractivity contribution in [2.75, 3.05) is 13.1 Å². The van der Waals surface area contributed by atoms with Crippen LogP contribution in [0.15, 0.2) is 43.0 Å². The van der Waals surface area contributed by atoms with Gasteiger partial charge in [0.15, 0.2) is 11.6 Å². The molecule has 1 aliphatic heterocycles. The first-order valence-corrected chi connectivity index (χ1v) is 8.12. The van der Waals surface area contributed by atoms with E-state index in [4.69, 9.17) is 0 Å². The van der Waals surface area contributed by atoms with Gasteiger partial charge in [0.25, 0.3) is 5.91 Å². The van der Waals surface area contributed by atoms with Crippen molar-refractivity contribution in [2.24, 2.45) is 5.92 Å². The van der Waals surface area contributed by atoms with E-state index in [1.54, 1.807) is 40.3 Å². The number of halogens is 2. The Morgan fingerprint density at radius 1 is 1.24 bits per heavy atom. The number of likely N-dealkylation sites (tertiary alicyclic amines) is 1. The zero-order valence-corrected chi connectivity index (χ0v) is 13.4. The maximum Gasteiger partial charge on any atom is 0.257 e. The second kappa shape index (κ2) is 6.23. The predicted octanol–water partition coefficient (Wildman–Crippen LogP) is 2.71. The van der Waals surface area contributed by atoms with Crippen molar-refractivity contribution in [1.82, 2.24) is 19.5 Å². The van der Waals surface area contributed by atoms with Crippen molar-refractivity contribution < 1.29 is 13.6 Å². The summed E-state index contributed by atoms with van der Waals surface area (Å²) in [4.78, 5) is 18.6. The van der Waals surface area contributed by atoms with Crippen molar-refractivity contribution in [3.63, 3.8) is 0 Å². The zero-order chi connectivity index (χ0) is 17.4. The fourth-order valence-corrected chi connectivity index (χ4v) is 3.35. The minimum Gasteiger partial charge on any atom is -0.338 e. The molecule has 1 aliphatic rings. The maximum atomic E-state index is 13.3. The molecule has 0 bridgehead atoms. The number of aromatic nitrogens is 3. The Hall–Kier alpha value is -2.83. The molecule has 1 aromatic carbocycles. The van der Waals surface area contributed by atoms with Crippen LogP contribution in [0.2, 0.25) is 0 Å². The molecule has 0 unspecified atom stereocenters. The molecule has 25 heavy (non-hydrogen) atoms. The monoisotopic (exact) mass is 342 g/mol. The lowest BCUT2D eigenvalue weighted by Crippen LogP contribution is -2.28. The SMILES string of the molecule is O=C(c1cnn2ccncc12)N1CC[C@@H](Cc2ccc(F)c(F)c2)C1. The first-order valence-electron chi connectivity index (χ1n) is 8.12. The van der Waals surface area contributed by atoms with Crippen LogP contribution in [0.1, 0.15) is 22.3 Å². The number of hydrogen-bond acceptors (Lipinski definition) is 3. The molecular formula is C18H16F2N4O. The second-order valence-corrected chi connectivity index (χ2v) is 6.32. The Morgan fingerprint density at radius 3 is 2.96 bits per heavy atom. The van der Waals surface area contributed by atoms with Gasteiger partial charge in [-0.3, -0.25) is 9.78 Å². The van der Waals surface area contributed by atoms with Gasteiger partial charge in [0.05, 0.1) is 23.5 Å². The van der Waals surface area contributed by atoms with Crippen LogP contribution in [0.5, 0.6) is 0 Å². The molecule has 1 fully saturated rings. The molecule has 3 aromatic rings. The standard InChI is InChI=1S/C18H16F2N4O/c19-15-2-1-12(8-16(15)20)7-13-3-5-23(11-13)18(25)14-9-22-24-6-4-21-10-17(14)24/h1-2,4,6,8-10,13H,3,5,7,11H2/t13-/m0/s1. The Morgan fingerprint density at radius 2 is 2.12 bits per heavy atom. The van der Waals surface area contributed by atoms with Gasteiger partial charge in [-0.15, -0.1) is 0 Å². The average Bonchev–Trinajstić information content (AvgIpc) is 3.24. The first-order chi connectivity index (χ1) is 12.1. The van der Waals surface area contributed by atoms with Crippen LogP contribution in [0.4, 0.5) is 8.78 Å². The number of fused-ring (bicyclic) bond motifs is 1. The topological polar surface area (TPSA) is 50.5 Å². The second-order valence-electron chi connectivity index (χ2n) is 6.32. The molecule has 2 aromatic heterocycles. The number of nitrogens with zero attached hydrogens (tertiary/aromatic N) is 4. The molecular weight excluding hydrogens is 326 g/mol. The van der Waals surface area contributed by atoms with Crippen molar-refractivity contribution in [3.8, 4) is 0 Å². The number of carbonyl (C=O) groups excluding carboxylic acids is 1. The number of amides is 1. The van der Waals surface area contributed by atoms with E-state index >= 15 is 0 Å². The van der Waals surface area contributed by atoms with E-state index in [-0.39, 0.29) is 11.8 Å². The van der Waals surface area contributed by atoms with Crippen LogP contribution in [0.25, 0.3) is 5.52 Å². The van der Waals surface area contributed by atoms with Crippen molar-refractivity contribution in [2.45, 2.75) is 12.8 Å². The third-order valence-electron chi connectivity index (χ3n) is 4.64. The van der Waals surface area contributed by atoms with Gasteiger partial charge in [0, 0.05) is 25.5 Å². The van der Waals surface area contributed by atoms with Gasteiger partial charge in [-0.05, 0) is 36.5 Å². The first kappa shape index (κ1) is 15.7. The summed E-state index contributed by atoms with van der Waals surface area (Å²) in [6.07, 6.45) is 7.94. The van der Waals surface area contributed by atoms with Gasteiger partial charge in [-0.25, -0.2) is 13.3 Å². The highest BCUT2D eigenvalue weighted by molar-refractivity contribution is 6.00. The van der Waals surface area contributed by atoms with Crippen LogP contribution < -0.4 is 0 Å². The van der Waals surface area contributed by atoms with E-state index in [9.17, 15) is 13.6 Å². The average molecular weight is 342 g/mol. The zero-order valence-electron chi connectivity index (χ0n) is 13.4. The molecule has 0 radical (unpaired) electrons. The predicted molar refractivity (Wildman–Crippen MR) is 87.1 cm³/mol. The largest absolute Gasteiger partial charge is 0.338 e. The normalized spacial score (nSPS) is 17.4. The molecule has 4 rings (SSSR count). The summed E-state index contributed by atoms with van der Waals surface area (Å²) in [7, 11) is 0. The van der Waals surface area contributed by atoms with E-state index in [2.05, 4.69) is 10.1 Å². The molecule has 0 saturated carbocycles. The van der Waals surface area contributed by atoms with Crippen molar-refractivity contribution >= 4 is 11.4 Å². The van der Waals surface area contributed by atoms with E-state index in [0.717, 1.165) is 18.1 Å². The lowest BCUT2D eigenvalue weighted by molar-refractivity contribution is 0.0789. The van der Waals surface area contributed by atoms with Gasteiger partial charge in [-0.2, -0.15) is 5.10 Å². The summed E-state index contributed by atoms with van der Waals surface area (Å²) in [5.41, 5.74) is 1.96. The highest BCUT2D eigenvalue weighted by atomic mass is 19.2. The third kappa shape index (κ3) is 2.97. The summed E-state index contributed by atoms with van der Waals surface area (Å²) < 4.78 is 28.0. The van der Waals surface area contributed by atoms with Crippen LogP contribution in [0, 0.1) is 17.6 Å². The lowest BCUT2D eigenvalue weighted by atomic mass is 9.98. The minimum atomic E-state index is -0.839. The Kier molecular flexibility index (Phi) is 3.91. The lowest BCUT2D eigenvalue weighted by Gasteiger charge is -2.16. The summed E-state index contributed by atoms with van der Waals surface area (Å²) in [6, 6.07) is 3.98. The van der Waals surface area contributed by atoms with Gasteiger partial charge in [-0.1, -0.05) is 6.07 Å². The fourth-order valence-electron chi connectivity index (χ4n) is 3.35. The molecule has 1 atom stereocenters. The third-order valence-corrected chi connectivity index (χ3v) is 4.64. The van der Waals surface area contributed by atoms with Crippen LogP contribution >= 0.6 is 0 Å². The van der Waals surface area contributed by atoms with Crippen LogP contribution in [-0.2, 0) is 6.42 Å². The summed E-state index contributed by atoms with van der Waals surface area (Å²) in [5, 5.41) is 4.17. The molecule has 7 heteroatoms. The molecule has 128 valence electrons. The number of hydrogen-bond donors (Lipinski definition) is 0. The van der Waals surface area contributed by atoms with E-state index in [0.29, 0.717) is 30.6 Å². The van der Waals surface area contributed by atoms with Gasteiger partial charge in [0.1, 0.15) is 0 Å². The van der Waals surface area contributed by atoms with Crippen LogP contribution in [-0.4, -0.2) is 38.5 Å². The van der Waals surface area contributed by atoms with Gasteiger partial charge < -0.3 is 4.90 Å². The van der Waals surface area contributed by atoms with Crippen LogP contribution in [0.3, 0.4) is 0 Å². The summed E-state index contributed by atoms with van der Waals surface area (Å²) >= 11 is 0. The maximum absolute atomic E-state index is 13.3. The summed E-state index contributed by atoms with van der Waals surface area (Å²) in [6.45, 7) is 1.24. The smallest absolute Gasteiger partial charge is 0.257 e. The highest BCUT2D eigenvalue weighted by Crippen LogP contribution is 2.24. The molecule has 1 amide bonds. The van der Waals surface area contributed by atoms with Crippen molar-refractivity contribution in [1.29, 1.82) is 0 Å². The fraction of sp³-hybridized carbons (Fsp3) is 0.278. The van der Waals surface area contributed by atoms with E-state index < -0.39 is 11.6 Å². The number of benzene rings is 1. The quantitative estimate of drug-likeness (QED) is 0.735. The minimum absolute atomic E-state index is 0.0733. The summed E-state index contributed by atoms with van der Waals surface area (Å²) in [5.74, 6) is -1.51. The molecule has 1 saturated heterocycles. The number of rotatable bonds is 3. The Labute approximate surface area is 142 Å².